The number of anilines is 1. The molecule has 1 N–H and O–H groups in total. The van der Waals surface area contributed by atoms with Crippen molar-refractivity contribution >= 4 is 11.6 Å². The maximum absolute atomic E-state index is 12.6. The number of nitrogens with one attached hydrogen (secondary N) is 1. The number of amides is 1. The van der Waals surface area contributed by atoms with Gasteiger partial charge in [-0.25, -0.2) is 0 Å². The SMILES string of the molecule is CCOc1ccc(OCC)c(NC(=O)CN(C)Cc2ccc3c(c2)OCCO3)c1. The molecular weight excluding hydrogens is 372 g/mol. The Morgan fingerprint density at radius 2 is 1.79 bits per heavy atom. The number of ether oxygens (including phenoxy) is 4. The standard InChI is InChI=1S/C22H28N2O5/c1-4-26-17-7-9-19(27-5-2)18(13-17)23-22(25)15-24(3)14-16-6-8-20-21(12-16)29-11-10-28-20/h6-9,12-13H,4-5,10-11,14-15H2,1-3H3,(H,23,25). The van der Waals surface area contributed by atoms with Gasteiger partial charge in [0.1, 0.15) is 24.7 Å². The van der Waals surface area contributed by atoms with Crippen molar-refractivity contribution in [2.24, 2.45) is 0 Å². The average Bonchev–Trinajstić information content (AvgIpc) is 2.70. The molecule has 3 rings (SSSR count). The molecule has 1 heterocycles. The Kier molecular flexibility index (Phi) is 7.19. The zero-order valence-electron chi connectivity index (χ0n) is 17.2. The van der Waals surface area contributed by atoms with Crippen LogP contribution < -0.4 is 24.3 Å². The first-order valence-electron chi connectivity index (χ1n) is 9.85. The van der Waals surface area contributed by atoms with Crippen molar-refractivity contribution in [2.75, 3.05) is 45.3 Å². The van der Waals surface area contributed by atoms with Crippen LogP contribution in [0.1, 0.15) is 19.4 Å². The summed E-state index contributed by atoms with van der Waals surface area (Å²) in [5, 5.41) is 2.93. The molecule has 7 heteroatoms. The maximum Gasteiger partial charge on any atom is 0.238 e. The van der Waals surface area contributed by atoms with Crippen LogP contribution in [0, 0.1) is 0 Å². The summed E-state index contributed by atoms with van der Waals surface area (Å²) in [6.45, 7) is 6.86. The Bertz CT molecular complexity index is 840. The molecule has 0 atom stereocenters. The van der Waals surface area contributed by atoms with Gasteiger partial charge in [0, 0.05) is 12.6 Å². The van der Waals surface area contributed by atoms with Crippen molar-refractivity contribution < 1.29 is 23.7 Å². The van der Waals surface area contributed by atoms with Crippen LogP contribution in [-0.2, 0) is 11.3 Å². The molecule has 0 saturated carbocycles. The molecule has 0 unspecified atom stereocenters. The van der Waals surface area contributed by atoms with Crippen LogP contribution in [0.25, 0.3) is 0 Å². The summed E-state index contributed by atoms with van der Waals surface area (Å²) in [5.41, 5.74) is 1.66. The quantitative estimate of drug-likeness (QED) is 0.696. The smallest absolute Gasteiger partial charge is 0.238 e. The van der Waals surface area contributed by atoms with Crippen LogP contribution in [0.3, 0.4) is 0 Å². The van der Waals surface area contributed by atoms with Crippen molar-refractivity contribution in [3.05, 3.63) is 42.0 Å². The number of nitrogens with zero attached hydrogens (tertiary/aromatic N) is 1. The summed E-state index contributed by atoms with van der Waals surface area (Å²) >= 11 is 0. The van der Waals surface area contributed by atoms with Gasteiger partial charge in [0.2, 0.25) is 5.91 Å². The van der Waals surface area contributed by atoms with E-state index in [9.17, 15) is 4.79 Å². The minimum absolute atomic E-state index is 0.125. The second-order valence-corrected chi connectivity index (χ2v) is 6.72. The molecule has 1 amide bonds. The Hall–Kier alpha value is -2.93. The van der Waals surface area contributed by atoms with E-state index in [0.717, 1.165) is 17.1 Å². The topological polar surface area (TPSA) is 69.3 Å². The predicted octanol–water partition coefficient (Wildman–Crippen LogP) is 3.33. The Balaban J connectivity index is 1.60. The third-order valence-electron chi connectivity index (χ3n) is 4.31. The molecule has 2 aromatic rings. The fourth-order valence-corrected chi connectivity index (χ4v) is 3.13. The minimum Gasteiger partial charge on any atom is -0.494 e. The normalized spacial score (nSPS) is 12.6. The summed E-state index contributed by atoms with van der Waals surface area (Å²) in [5.74, 6) is 2.70. The summed E-state index contributed by atoms with van der Waals surface area (Å²) in [7, 11) is 1.90. The lowest BCUT2D eigenvalue weighted by Crippen LogP contribution is -2.30. The van der Waals surface area contributed by atoms with Gasteiger partial charge in [0.05, 0.1) is 25.4 Å². The fraction of sp³-hybridized carbons (Fsp3) is 0.409. The first-order valence-corrected chi connectivity index (χ1v) is 9.85. The maximum atomic E-state index is 12.6. The lowest BCUT2D eigenvalue weighted by molar-refractivity contribution is -0.117. The zero-order valence-corrected chi connectivity index (χ0v) is 17.2. The van der Waals surface area contributed by atoms with E-state index < -0.39 is 0 Å². The highest BCUT2D eigenvalue weighted by Gasteiger charge is 2.15. The molecule has 0 aliphatic carbocycles. The first kappa shape index (κ1) is 20.8. The van der Waals surface area contributed by atoms with E-state index in [1.165, 1.54) is 0 Å². The summed E-state index contributed by atoms with van der Waals surface area (Å²) in [6, 6.07) is 11.3. The van der Waals surface area contributed by atoms with Gasteiger partial charge >= 0.3 is 0 Å². The number of hydrogen-bond acceptors (Lipinski definition) is 6. The molecule has 0 fully saturated rings. The van der Waals surface area contributed by atoms with E-state index >= 15 is 0 Å². The third-order valence-corrected chi connectivity index (χ3v) is 4.31. The number of rotatable bonds is 9. The highest BCUT2D eigenvalue weighted by atomic mass is 16.6. The van der Waals surface area contributed by atoms with Crippen LogP contribution in [0.2, 0.25) is 0 Å². The van der Waals surface area contributed by atoms with Gasteiger partial charge in [-0.1, -0.05) is 6.07 Å². The van der Waals surface area contributed by atoms with Gasteiger partial charge in [-0.3, -0.25) is 9.69 Å². The summed E-state index contributed by atoms with van der Waals surface area (Å²) in [4.78, 5) is 14.5. The Morgan fingerprint density at radius 3 is 2.55 bits per heavy atom. The second-order valence-electron chi connectivity index (χ2n) is 6.72. The van der Waals surface area contributed by atoms with Crippen molar-refractivity contribution in [1.29, 1.82) is 0 Å². The van der Waals surface area contributed by atoms with E-state index in [-0.39, 0.29) is 12.5 Å². The predicted molar refractivity (Wildman–Crippen MR) is 111 cm³/mol. The van der Waals surface area contributed by atoms with Crippen LogP contribution in [-0.4, -0.2) is 50.8 Å². The van der Waals surface area contributed by atoms with E-state index in [2.05, 4.69) is 5.32 Å². The molecule has 0 bridgehead atoms. The first-order chi connectivity index (χ1) is 14.1. The second kappa shape index (κ2) is 10.0. The highest BCUT2D eigenvalue weighted by Crippen LogP contribution is 2.31. The fourth-order valence-electron chi connectivity index (χ4n) is 3.13. The van der Waals surface area contributed by atoms with Gasteiger partial charge < -0.3 is 24.3 Å². The molecule has 0 radical (unpaired) electrons. The van der Waals surface area contributed by atoms with Crippen LogP contribution >= 0.6 is 0 Å². The van der Waals surface area contributed by atoms with Crippen molar-refractivity contribution in [1.82, 2.24) is 4.90 Å². The molecule has 1 aliphatic rings. The van der Waals surface area contributed by atoms with E-state index in [1.807, 2.05) is 56.1 Å². The number of carbonyl (C=O) groups excluding carboxylic acids is 1. The Labute approximate surface area is 171 Å². The number of carbonyl (C=O) groups is 1. The van der Waals surface area contributed by atoms with Gasteiger partial charge in [-0.05, 0) is 50.7 Å². The lowest BCUT2D eigenvalue weighted by Gasteiger charge is -2.21. The Morgan fingerprint density at radius 1 is 1.03 bits per heavy atom. The monoisotopic (exact) mass is 400 g/mol. The molecule has 1 aliphatic heterocycles. The van der Waals surface area contributed by atoms with Crippen LogP contribution in [0.4, 0.5) is 5.69 Å². The highest BCUT2D eigenvalue weighted by molar-refractivity contribution is 5.94. The van der Waals surface area contributed by atoms with Crippen LogP contribution in [0.15, 0.2) is 36.4 Å². The summed E-state index contributed by atoms with van der Waals surface area (Å²) in [6.07, 6.45) is 0. The molecule has 156 valence electrons. The van der Waals surface area contributed by atoms with E-state index in [4.69, 9.17) is 18.9 Å². The van der Waals surface area contributed by atoms with Crippen molar-refractivity contribution in [3.8, 4) is 23.0 Å². The van der Waals surface area contributed by atoms with Gasteiger partial charge in [0.15, 0.2) is 11.5 Å². The lowest BCUT2D eigenvalue weighted by atomic mass is 10.2. The molecule has 2 aromatic carbocycles. The summed E-state index contributed by atoms with van der Waals surface area (Å²) < 4.78 is 22.3. The molecular formula is C22H28N2O5. The van der Waals surface area contributed by atoms with Gasteiger partial charge in [-0.2, -0.15) is 0 Å². The zero-order chi connectivity index (χ0) is 20.6. The van der Waals surface area contributed by atoms with Gasteiger partial charge in [-0.15, -0.1) is 0 Å². The number of hydrogen-bond donors (Lipinski definition) is 1. The number of fused-ring (bicyclic) bond motifs is 1. The molecule has 7 nitrogen and oxygen atoms in total. The largest absolute Gasteiger partial charge is 0.494 e. The number of likely N-dealkylation sites (N-methyl/N-ethyl adjacent to an activating group) is 1. The van der Waals surface area contributed by atoms with Crippen molar-refractivity contribution in [2.45, 2.75) is 20.4 Å². The van der Waals surface area contributed by atoms with E-state index in [1.54, 1.807) is 6.07 Å². The third kappa shape index (κ3) is 5.77. The minimum atomic E-state index is -0.125. The van der Waals surface area contributed by atoms with Crippen LogP contribution in [0.5, 0.6) is 23.0 Å². The molecule has 0 aromatic heterocycles. The molecule has 0 spiro atoms. The average molecular weight is 400 g/mol. The van der Waals surface area contributed by atoms with Gasteiger partial charge in [0.25, 0.3) is 0 Å². The molecule has 0 saturated heterocycles. The number of benzene rings is 2. The van der Waals surface area contributed by atoms with Crippen molar-refractivity contribution in [3.63, 3.8) is 0 Å². The molecule has 29 heavy (non-hydrogen) atoms. The van der Waals surface area contributed by atoms with E-state index in [0.29, 0.717) is 50.2 Å².